The van der Waals surface area contributed by atoms with Crippen LogP contribution in [0.1, 0.15) is 19.4 Å². The van der Waals surface area contributed by atoms with Crippen LogP contribution in [0, 0.1) is 6.92 Å². The number of para-hydroxylation sites is 2. The molecule has 2 unspecified atom stereocenters. The average Bonchev–Trinajstić information content (AvgIpc) is 3.28. The summed E-state index contributed by atoms with van der Waals surface area (Å²) in [5, 5.41) is 12.3. The maximum Gasteiger partial charge on any atom is 0.327 e. The van der Waals surface area contributed by atoms with E-state index in [0.717, 1.165) is 16.6 Å². The van der Waals surface area contributed by atoms with Crippen LogP contribution in [-0.4, -0.2) is 67.0 Å². The zero-order valence-corrected chi connectivity index (χ0v) is 20.2. The molecule has 3 heterocycles. The summed E-state index contributed by atoms with van der Waals surface area (Å²) in [6, 6.07) is 12.4. The molecule has 0 aliphatic carbocycles. The van der Waals surface area contributed by atoms with Gasteiger partial charge in [-0.3, -0.25) is 9.35 Å². The van der Waals surface area contributed by atoms with Gasteiger partial charge in [-0.25, -0.2) is 9.78 Å². The zero-order valence-electron chi connectivity index (χ0n) is 18.6. The van der Waals surface area contributed by atoms with Crippen molar-refractivity contribution in [3.8, 4) is 0 Å². The van der Waals surface area contributed by atoms with Crippen molar-refractivity contribution in [1.82, 2.24) is 14.9 Å². The molecule has 0 saturated carbocycles. The Bertz CT molecular complexity index is 1320. The van der Waals surface area contributed by atoms with Crippen molar-refractivity contribution in [2.24, 2.45) is 0 Å². The van der Waals surface area contributed by atoms with Gasteiger partial charge in [-0.1, -0.05) is 29.8 Å². The number of hydrogen-bond acceptors (Lipinski definition) is 7. The number of nitrogens with zero attached hydrogens (tertiary/aromatic N) is 2. The number of H-pyrrole nitrogens is 1. The number of aliphatic carboxylic acids is 1. The summed E-state index contributed by atoms with van der Waals surface area (Å²) in [6.45, 7) is 5.56. The molecule has 3 aromatic rings. The first-order chi connectivity index (χ1) is 15.9. The van der Waals surface area contributed by atoms with Gasteiger partial charge in [0.25, 0.3) is 10.1 Å². The molecule has 4 N–H and O–H groups in total. The van der Waals surface area contributed by atoms with Gasteiger partial charge in [0.2, 0.25) is 11.9 Å². The molecule has 5 rings (SSSR count). The van der Waals surface area contributed by atoms with Gasteiger partial charge < -0.3 is 20.3 Å². The summed E-state index contributed by atoms with van der Waals surface area (Å²) in [5.74, 6) is -0.622. The highest BCUT2D eigenvalue weighted by Crippen LogP contribution is 2.51. The number of aromatic amines is 1. The lowest BCUT2D eigenvalue weighted by molar-refractivity contribution is -0.158. The third-order valence-electron chi connectivity index (χ3n) is 5.68. The van der Waals surface area contributed by atoms with Crippen LogP contribution < -0.4 is 5.32 Å². The quantitative estimate of drug-likeness (QED) is 0.310. The molecule has 2 saturated heterocycles. The van der Waals surface area contributed by atoms with E-state index in [1.165, 1.54) is 28.8 Å². The van der Waals surface area contributed by atoms with Gasteiger partial charge in [-0.15, -0.1) is 11.8 Å². The number of anilines is 1. The summed E-state index contributed by atoms with van der Waals surface area (Å²) < 4.78 is 29.0. The Morgan fingerprint density at radius 2 is 1.82 bits per heavy atom. The number of rotatable bonds is 4. The summed E-state index contributed by atoms with van der Waals surface area (Å²) in [4.78, 5) is 32.8. The highest BCUT2D eigenvalue weighted by Gasteiger charge is 2.64. The third-order valence-corrected chi connectivity index (χ3v) is 8.11. The SMILES string of the molecule is CC1(C)S[C@H]2C(Nc3nc4ccccc4[nH]3)C(=O)N2C1C(=O)O.Cc1ccc(S(=O)(=O)O)cc1. The summed E-state index contributed by atoms with van der Waals surface area (Å²) in [6.07, 6.45) is 0. The van der Waals surface area contributed by atoms with Crippen molar-refractivity contribution in [2.75, 3.05) is 5.32 Å². The Hall–Kier alpha value is -3.09. The van der Waals surface area contributed by atoms with Crippen LogP contribution in [0.2, 0.25) is 0 Å². The molecule has 0 spiro atoms. The molecule has 1 aromatic heterocycles. The molecule has 2 aliphatic heterocycles. The van der Waals surface area contributed by atoms with Gasteiger partial charge in [0.05, 0.1) is 15.9 Å². The standard InChI is InChI=1S/C15H16N4O3S.C7H8O3S/c1-15(2)10(13(21)22)19-11(20)9(12(19)23-15)18-14-16-7-5-3-4-6-8(7)17-14;1-6-2-4-7(5-3-6)11(8,9)10/h3-6,9-10,12H,1-2H3,(H,21,22)(H2,16,17,18);2-5H,1H3,(H,8,9,10)/t9?,10?,12-;/m0./s1. The number of aromatic nitrogens is 2. The summed E-state index contributed by atoms with van der Waals surface area (Å²) in [5.41, 5.74) is 2.67. The zero-order chi connectivity index (χ0) is 24.8. The monoisotopic (exact) mass is 504 g/mol. The fourth-order valence-corrected chi connectivity index (χ4v) is 6.13. The van der Waals surface area contributed by atoms with Gasteiger partial charge in [-0.2, -0.15) is 8.42 Å². The Balaban J connectivity index is 0.000000210. The first-order valence-corrected chi connectivity index (χ1v) is 12.7. The number of benzene rings is 2. The molecule has 2 aromatic carbocycles. The minimum atomic E-state index is -4.02. The van der Waals surface area contributed by atoms with Crippen LogP contribution in [0.4, 0.5) is 5.95 Å². The number of amides is 1. The maximum atomic E-state index is 12.4. The van der Waals surface area contributed by atoms with Gasteiger partial charge >= 0.3 is 5.97 Å². The van der Waals surface area contributed by atoms with E-state index in [0.29, 0.717) is 5.95 Å². The number of carbonyl (C=O) groups excluding carboxylic acids is 1. The molecule has 0 bridgehead atoms. The van der Waals surface area contributed by atoms with Crippen molar-refractivity contribution in [3.05, 3.63) is 54.1 Å². The van der Waals surface area contributed by atoms with E-state index in [2.05, 4.69) is 15.3 Å². The number of hydrogen-bond donors (Lipinski definition) is 4. The number of thioether (sulfide) groups is 1. The van der Waals surface area contributed by atoms with Crippen LogP contribution in [0.3, 0.4) is 0 Å². The second-order valence-electron chi connectivity index (χ2n) is 8.61. The molecular formula is C22H24N4O6S2. The van der Waals surface area contributed by atoms with Crippen LogP contribution >= 0.6 is 11.8 Å². The van der Waals surface area contributed by atoms with E-state index in [-0.39, 0.29) is 16.2 Å². The second kappa shape index (κ2) is 8.60. The first-order valence-electron chi connectivity index (χ1n) is 10.4. The lowest BCUT2D eigenvalue weighted by Crippen LogP contribution is -2.68. The lowest BCUT2D eigenvalue weighted by Gasteiger charge is -2.43. The lowest BCUT2D eigenvalue weighted by atomic mass is 9.96. The fourth-order valence-electron chi connectivity index (χ4n) is 4.02. The molecule has 3 atom stereocenters. The number of carboxylic acid groups (broad SMARTS) is 1. The Morgan fingerprint density at radius 1 is 1.18 bits per heavy atom. The van der Waals surface area contributed by atoms with Gasteiger partial charge in [-0.05, 0) is 45.0 Å². The molecule has 2 fully saturated rings. The van der Waals surface area contributed by atoms with E-state index >= 15 is 0 Å². The van der Waals surface area contributed by atoms with Crippen molar-refractivity contribution in [3.63, 3.8) is 0 Å². The number of β-lactam (4-membered cyclic amide) rings is 1. The molecule has 1 amide bonds. The van der Waals surface area contributed by atoms with Gasteiger partial charge in [0, 0.05) is 4.75 Å². The number of aryl methyl sites for hydroxylation is 1. The predicted molar refractivity (Wildman–Crippen MR) is 128 cm³/mol. The largest absolute Gasteiger partial charge is 0.480 e. The minimum absolute atomic E-state index is 0.0666. The molecule has 10 nitrogen and oxygen atoms in total. The highest BCUT2D eigenvalue weighted by atomic mass is 32.2. The number of nitrogens with one attached hydrogen (secondary N) is 2. The normalized spacial score (nSPS) is 23.0. The molecule has 2 aliphatic rings. The average molecular weight is 505 g/mol. The van der Waals surface area contributed by atoms with Crippen LogP contribution in [0.25, 0.3) is 11.0 Å². The third kappa shape index (κ3) is 4.48. The number of imidazole rings is 1. The van der Waals surface area contributed by atoms with Crippen LogP contribution in [-0.2, 0) is 19.7 Å². The van der Waals surface area contributed by atoms with Crippen LogP contribution in [0.5, 0.6) is 0 Å². The highest BCUT2D eigenvalue weighted by molar-refractivity contribution is 8.01. The van der Waals surface area contributed by atoms with Gasteiger partial charge in [0.15, 0.2) is 0 Å². The Kier molecular flexibility index (Phi) is 6.08. The van der Waals surface area contributed by atoms with E-state index < -0.39 is 32.9 Å². The summed E-state index contributed by atoms with van der Waals surface area (Å²) >= 11 is 1.51. The van der Waals surface area contributed by atoms with Crippen LogP contribution in [0.15, 0.2) is 53.4 Å². The van der Waals surface area contributed by atoms with E-state index in [4.69, 9.17) is 4.55 Å². The number of fused-ring (bicyclic) bond motifs is 2. The maximum absolute atomic E-state index is 12.4. The molecule has 0 radical (unpaired) electrons. The molecule has 12 heteroatoms. The molecular weight excluding hydrogens is 480 g/mol. The van der Waals surface area contributed by atoms with Crippen molar-refractivity contribution in [1.29, 1.82) is 0 Å². The topological polar surface area (TPSA) is 153 Å². The van der Waals surface area contributed by atoms with Crippen molar-refractivity contribution < 1.29 is 27.7 Å². The minimum Gasteiger partial charge on any atom is -0.480 e. The number of carboxylic acids is 1. The Morgan fingerprint density at radius 3 is 2.41 bits per heavy atom. The van der Waals surface area contributed by atoms with Gasteiger partial charge in [0.1, 0.15) is 17.5 Å². The summed E-state index contributed by atoms with van der Waals surface area (Å²) in [7, 11) is -4.02. The fraction of sp³-hybridized carbons (Fsp3) is 0.318. The predicted octanol–water partition coefficient (Wildman–Crippen LogP) is 2.73. The Labute approximate surface area is 200 Å². The van der Waals surface area contributed by atoms with E-state index in [9.17, 15) is 23.1 Å². The first kappa shape index (κ1) is 24.0. The molecule has 180 valence electrons. The van der Waals surface area contributed by atoms with E-state index in [1.807, 2.05) is 45.0 Å². The second-order valence-corrected chi connectivity index (χ2v) is 11.8. The smallest absolute Gasteiger partial charge is 0.327 e. The van der Waals surface area contributed by atoms with Crippen molar-refractivity contribution >= 4 is 50.7 Å². The van der Waals surface area contributed by atoms with E-state index in [1.54, 1.807) is 12.1 Å². The number of carbonyl (C=O) groups is 2. The van der Waals surface area contributed by atoms with Crippen molar-refractivity contribution in [2.45, 2.75) is 47.9 Å². The molecule has 34 heavy (non-hydrogen) atoms.